The van der Waals surface area contributed by atoms with Gasteiger partial charge in [-0.05, 0) is 13.0 Å². The minimum Gasteiger partial charge on any atom is -0.515 e. The van der Waals surface area contributed by atoms with E-state index in [-0.39, 0.29) is 5.57 Å². The summed E-state index contributed by atoms with van der Waals surface area (Å²) >= 11 is 3.18. The number of carbonyl (C=O) groups excluding carboxylic acids is 1. The normalized spacial score (nSPS) is 11.4. The Balaban J connectivity index is 2.22. The van der Waals surface area contributed by atoms with E-state index in [0.717, 1.165) is 21.9 Å². The van der Waals surface area contributed by atoms with Crippen LogP contribution in [0.4, 0.5) is 0 Å². The monoisotopic (exact) mass is 321 g/mol. The first-order chi connectivity index (χ1) is 10.2. The van der Waals surface area contributed by atoms with Crippen LogP contribution >= 0.6 is 23.1 Å². The number of aliphatic hydroxyl groups is 1. The highest BCUT2D eigenvalue weighted by molar-refractivity contribution is 7.98. The molecule has 0 bridgehead atoms. The fourth-order valence-corrected chi connectivity index (χ4v) is 3.46. The molecule has 0 unspecified atom stereocenters. The number of methoxy groups -OCH3 is 1. The molecule has 0 amide bonds. The Hall–Kier alpha value is -1.79. The highest BCUT2D eigenvalue weighted by Crippen LogP contribution is 2.31. The molecule has 0 aliphatic rings. The summed E-state index contributed by atoms with van der Waals surface area (Å²) in [6, 6.07) is 7.41. The van der Waals surface area contributed by atoms with E-state index in [1.54, 1.807) is 29.2 Å². The summed E-state index contributed by atoms with van der Waals surface area (Å²) in [6.45, 7) is 1.97. The van der Waals surface area contributed by atoms with Gasteiger partial charge in [-0.25, -0.2) is 9.78 Å². The Morgan fingerprint density at radius 3 is 2.86 bits per heavy atom. The zero-order chi connectivity index (χ0) is 15.2. The van der Waals surface area contributed by atoms with E-state index in [2.05, 4.69) is 4.98 Å². The lowest BCUT2D eigenvalue weighted by Gasteiger charge is -2.09. The van der Waals surface area contributed by atoms with E-state index in [4.69, 9.17) is 4.74 Å². The number of aliphatic hydroxyl groups excluding tert-OH is 1. The van der Waals surface area contributed by atoms with Crippen LogP contribution in [-0.4, -0.2) is 23.2 Å². The van der Waals surface area contributed by atoms with Crippen molar-refractivity contribution >= 4 is 34.6 Å². The van der Waals surface area contributed by atoms with Crippen molar-refractivity contribution in [2.75, 3.05) is 7.11 Å². The highest BCUT2D eigenvalue weighted by Gasteiger charge is 2.16. The van der Waals surface area contributed by atoms with E-state index in [9.17, 15) is 9.90 Å². The fourth-order valence-electron chi connectivity index (χ4n) is 1.78. The zero-order valence-electron chi connectivity index (χ0n) is 11.7. The molecule has 0 spiro atoms. The Kier molecular flexibility index (Phi) is 5.41. The summed E-state index contributed by atoms with van der Waals surface area (Å²) in [7, 11) is 1.29. The smallest absolute Gasteiger partial charge is 0.341 e. The number of ether oxygens (including phenoxy) is 1. The molecule has 0 saturated heterocycles. The Labute approximate surface area is 131 Å². The molecule has 2 aromatic rings. The summed E-state index contributed by atoms with van der Waals surface area (Å²) in [4.78, 5) is 17.0. The summed E-state index contributed by atoms with van der Waals surface area (Å²) < 4.78 is 4.69. The number of hydrogen-bond donors (Lipinski definition) is 1. The number of aromatic nitrogens is 1. The van der Waals surface area contributed by atoms with Gasteiger partial charge in [-0.1, -0.05) is 18.2 Å². The molecule has 6 heteroatoms. The lowest BCUT2D eigenvalue weighted by molar-refractivity contribution is -0.133. The molecule has 0 radical (unpaired) electrons. The molecule has 0 atom stereocenters. The summed E-state index contributed by atoms with van der Waals surface area (Å²) in [6.07, 6.45) is 0.790. The largest absolute Gasteiger partial charge is 0.515 e. The van der Waals surface area contributed by atoms with Crippen molar-refractivity contribution in [3.8, 4) is 0 Å². The number of thiazole rings is 1. The molecule has 1 aromatic heterocycles. The maximum atomic E-state index is 11.7. The molecule has 4 nitrogen and oxygen atoms in total. The third-order valence-electron chi connectivity index (χ3n) is 2.75. The van der Waals surface area contributed by atoms with Crippen LogP contribution < -0.4 is 0 Å². The first-order valence-corrected chi connectivity index (χ1v) is 8.08. The van der Waals surface area contributed by atoms with Gasteiger partial charge in [0, 0.05) is 21.6 Å². The number of carbonyl (C=O) groups is 1. The van der Waals surface area contributed by atoms with Gasteiger partial charge in [0.15, 0.2) is 0 Å². The molecule has 0 aliphatic carbocycles. The molecule has 1 aromatic carbocycles. The van der Waals surface area contributed by atoms with Crippen molar-refractivity contribution in [3.05, 3.63) is 52.2 Å². The van der Waals surface area contributed by atoms with Gasteiger partial charge in [0.2, 0.25) is 0 Å². The Morgan fingerprint density at radius 2 is 2.24 bits per heavy atom. The van der Waals surface area contributed by atoms with Gasteiger partial charge < -0.3 is 9.84 Å². The van der Waals surface area contributed by atoms with Crippen LogP contribution in [0.5, 0.6) is 0 Å². The predicted octanol–water partition coefficient (Wildman–Crippen LogP) is 3.82. The van der Waals surface area contributed by atoms with Crippen LogP contribution in [-0.2, 0) is 15.3 Å². The van der Waals surface area contributed by atoms with Crippen LogP contribution in [0, 0.1) is 6.92 Å². The lowest BCUT2D eigenvalue weighted by Crippen LogP contribution is -2.05. The standard InChI is InChI=1S/C15H15NO3S2/c1-10-16-11(8-20-10)9-21-14-6-4-3-5-12(14)13(7-17)15(18)19-2/h3-8,17H,9H2,1-2H3/b13-7+. The number of esters is 1. The molecule has 0 aliphatic heterocycles. The van der Waals surface area contributed by atoms with E-state index in [1.807, 2.05) is 30.5 Å². The van der Waals surface area contributed by atoms with E-state index in [1.165, 1.54) is 7.11 Å². The van der Waals surface area contributed by atoms with Gasteiger partial charge in [-0.2, -0.15) is 0 Å². The summed E-state index contributed by atoms with van der Waals surface area (Å²) in [5, 5.41) is 12.4. The Bertz CT molecular complexity index is 664. The molecular weight excluding hydrogens is 306 g/mol. The zero-order valence-corrected chi connectivity index (χ0v) is 13.3. The molecule has 1 heterocycles. The van der Waals surface area contributed by atoms with Crippen LogP contribution in [0.1, 0.15) is 16.3 Å². The van der Waals surface area contributed by atoms with E-state index < -0.39 is 5.97 Å². The van der Waals surface area contributed by atoms with Crippen LogP contribution in [0.15, 0.2) is 40.8 Å². The number of hydrogen-bond acceptors (Lipinski definition) is 6. The van der Waals surface area contributed by atoms with Gasteiger partial charge in [0.25, 0.3) is 0 Å². The van der Waals surface area contributed by atoms with Crippen molar-refractivity contribution in [1.29, 1.82) is 0 Å². The average molecular weight is 321 g/mol. The first kappa shape index (κ1) is 15.6. The van der Waals surface area contributed by atoms with Crippen molar-refractivity contribution in [3.63, 3.8) is 0 Å². The van der Waals surface area contributed by atoms with Gasteiger partial charge in [0.1, 0.15) is 5.57 Å². The van der Waals surface area contributed by atoms with Gasteiger partial charge in [0.05, 0.1) is 24.1 Å². The second-order valence-electron chi connectivity index (χ2n) is 4.18. The summed E-state index contributed by atoms with van der Waals surface area (Å²) in [5.74, 6) is 0.149. The number of aryl methyl sites for hydroxylation is 1. The van der Waals surface area contributed by atoms with Crippen molar-refractivity contribution in [2.24, 2.45) is 0 Å². The van der Waals surface area contributed by atoms with Crippen molar-refractivity contribution in [1.82, 2.24) is 4.98 Å². The second-order valence-corrected chi connectivity index (χ2v) is 6.26. The molecule has 0 fully saturated rings. The maximum absolute atomic E-state index is 11.7. The molecule has 110 valence electrons. The van der Waals surface area contributed by atoms with Crippen molar-refractivity contribution < 1.29 is 14.6 Å². The van der Waals surface area contributed by atoms with Gasteiger partial charge in [-0.3, -0.25) is 0 Å². The molecular formula is C15H15NO3S2. The fraction of sp³-hybridized carbons (Fsp3) is 0.200. The highest BCUT2D eigenvalue weighted by atomic mass is 32.2. The summed E-state index contributed by atoms with van der Waals surface area (Å²) in [5.41, 5.74) is 1.81. The van der Waals surface area contributed by atoms with Crippen LogP contribution in [0.25, 0.3) is 5.57 Å². The minimum atomic E-state index is -0.560. The van der Waals surface area contributed by atoms with E-state index in [0.29, 0.717) is 11.3 Å². The third kappa shape index (κ3) is 3.86. The third-order valence-corrected chi connectivity index (χ3v) is 4.68. The van der Waals surface area contributed by atoms with Crippen molar-refractivity contribution in [2.45, 2.75) is 17.6 Å². The molecule has 2 rings (SSSR count). The predicted molar refractivity (Wildman–Crippen MR) is 85.5 cm³/mol. The van der Waals surface area contributed by atoms with E-state index >= 15 is 0 Å². The molecule has 1 N–H and O–H groups in total. The minimum absolute atomic E-state index is 0.148. The van der Waals surface area contributed by atoms with Gasteiger partial charge in [-0.15, -0.1) is 23.1 Å². The van der Waals surface area contributed by atoms with Gasteiger partial charge >= 0.3 is 5.97 Å². The quantitative estimate of drug-likeness (QED) is 0.393. The number of benzene rings is 1. The van der Waals surface area contributed by atoms with Crippen LogP contribution in [0.2, 0.25) is 0 Å². The lowest BCUT2D eigenvalue weighted by atomic mass is 10.1. The van der Waals surface area contributed by atoms with Crippen LogP contribution in [0.3, 0.4) is 0 Å². The number of rotatable bonds is 5. The second kappa shape index (κ2) is 7.28. The molecule has 0 saturated carbocycles. The number of thioether (sulfide) groups is 1. The SMILES string of the molecule is COC(=O)/C(=C/O)c1ccccc1SCc1csc(C)n1. The number of nitrogens with zero attached hydrogens (tertiary/aromatic N) is 1. The maximum Gasteiger partial charge on any atom is 0.341 e. The molecule has 21 heavy (non-hydrogen) atoms. The Morgan fingerprint density at radius 1 is 1.48 bits per heavy atom. The topological polar surface area (TPSA) is 59.4 Å². The first-order valence-electron chi connectivity index (χ1n) is 6.21. The average Bonchev–Trinajstić information content (AvgIpc) is 2.92.